The summed E-state index contributed by atoms with van der Waals surface area (Å²) in [6.07, 6.45) is 0. The lowest BCUT2D eigenvalue weighted by Crippen LogP contribution is -2.43. The highest BCUT2D eigenvalue weighted by Crippen LogP contribution is 2.47. The van der Waals surface area contributed by atoms with E-state index in [-0.39, 0.29) is 12.5 Å². The van der Waals surface area contributed by atoms with Gasteiger partial charge in [0.15, 0.2) is 11.6 Å². The summed E-state index contributed by atoms with van der Waals surface area (Å²) in [5, 5.41) is 14.2. The van der Waals surface area contributed by atoms with Gasteiger partial charge in [-0.05, 0) is 40.8 Å². The van der Waals surface area contributed by atoms with E-state index >= 15 is 0 Å². The van der Waals surface area contributed by atoms with Gasteiger partial charge in [0.05, 0.1) is 10.8 Å². The first kappa shape index (κ1) is 24.3. The van der Waals surface area contributed by atoms with Gasteiger partial charge in [-0.15, -0.1) is 0 Å². The molecule has 0 aromatic heterocycles. The summed E-state index contributed by atoms with van der Waals surface area (Å²) in [7, 11) is 0. The van der Waals surface area contributed by atoms with Crippen molar-refractivity contribution in [1.82, 2.24) is 5.32 Å². The number of rotatable bonds is 7. The van der Waals surface area contributed by atoms with E-state index in [9.17, 15) is 28.1 Å². The van der Waals surface area contributed by atoms with E-state index in [1.807, 2.05) is 49.1 Å². The maximum Gasteiger partial charge on any atom is 0.306 e. The molecule has 0 aliphatic carbocycles. The fraction of sp³-hybridized carbons (Fsp3) is 0.269. The van der Waals surface area contributed by atoms with Gasteiger partial charge in [0.2, 0.25) is 11.7 Å². The van der Waals surface area contributed by atoms with Crippen LogP contribution in [0.25, 0.3) is 0 Å². The summed E-state index contributed by atoms with van der Waals surface area (Å²) < 4.78 is 41.5. The molecule has 35 heavy (non-hydrogen) atoms. The van der Waals surface area contributed by atoms with Gasteiger partial charge in [-0.1, -0.05) is 50.2 Å². The summed E-state index contributed by atoms with van der Waals surface area (Å²) in [5.74, 6) is -4.36. The average molecular weight is 483 g/mol. The molecule has 1 heterocycles. The van der Waals surface area contributed by atoms with E-state index in [2.05, 4.69) is 5.32 Å². The molecule has 3 aromatic carbocycles. The van der Waals surface area contributed by atoms with E-state index in [1.54, 1.807) is 0 Å². The first-order chi connectivity index (χ1) is 16.7. The van der Waals surface area contributed by atoms with Crippen molar-refractivity contribution in [3.63, 3.8) is 0 Å². The highest BCUT2D eigenvalue weighted by atomic mass is 19.2. The molecule has 9 heteroatoms. The zero-order chi connectivity index (χ0) is 25.3. The van der Waals surface area contributed by atoms with Crippen LogP contribution in [0.1, 0.15) is 36.5 Å². The van der Waals surface area contributed by atoms with Crippen LogP contribution in [0, 0.1) is 33.5 Å². The Kier molecular flexibility index (Phi) is 6.77. The molecule has 2 atom stereocenters. The van der Waals surface area contributed by atoms with Crippen molar-refractivity contribution in [3.05, 3.63) is 105 Å². The molecular weight excluding hydrogens is 459 g/mol. The first-order valence-electron chi connectivity index (χ1n) is 11.2. The molecule has 1 N–H and O–H groups in total. The average Bonchev–Trinajstić information content (AvgIpc) is 3.12. The predicted molar refractivity (Wildman–Crippen MR) is 125 cm³/mol. The molecular formula is C26H24F3N3O3. The Hall–Kier alpha value is -3.88. The van der Waals surface area contributed by atoms with Crippen LogP contribution in [-0.2, 0) is 17.9 Å². The van der Waals surface area contributed by atoms with Crippen LogP contribution in [0.4, 0.5) is 24.5 Å². The van der Waals surface area contributed by atoms with Crippen LogP contribution < -0.4 is 10.2 Å². The molecule has 1 aliphatic rings. The highest BCUT2D eigenvalue weighted by Gasteiger charge is 2.45. The molecule has 0 bridgehead atoms. The molecule has 0 radical (unpaired) electrons. The van der Waals surface area contributed by atoms with Gasteiger partial charge in [-0.3, -0.25) is 14.9 Å². The topological polar surface area (TPSA) is 75.5 Å². The summed E-state index contributed by atoms with van der Waals surface area (Å²) in [6, 6.07) is 14.6. The number of carbonyl (C=O) groups is 1. The number of nitrogens with one attached hydrogen (secondary N) is 1. The van der Waals surface area contributed by atoms with Gasteiger partial charge < -0.3 is 10.2 Å². The Morgan fingerprint density at radius 3 is 2.34 bits per heavy atom. The molecule has 4 rings (SSSR count). The van der Waals surface area contributed by atoms with Crippen molar-refractivity contribution in [2.75, 3.05) is 4.90 Å². The second kappa shape index (κ2) is 9.77. The molecule has 182 valence electrons. The van der Waals surface area contributed by atoms with E-state index in [0.29, 0.717) is 23.4 Å². The highest BCUT2D eigenvalue weighted by molar-refractivity contribution is 5.90. The number of nitrogens with zero attached hydrogens (tertiary/aromatic N) is 2. The number of benzene rings is 3. The number of amides is 1. The normalized spacial score (nSPS) is 16.9. The molecule has 0 saturated carbocycles. The summed E-state index contributed by atoms with van der Waals surface area (Å²) in [5.41, 5.74) is 1.41. The van der Waals surface area contributed by atoms with Crippen molar-refractivity contribution < 1.29 is 22.9 Å². The Morgan fingerprint density at radius 2 is 1.71 bits per heavy atom. The Balaban J connectivity index is 1.72. The van der Waals surface area contributed by atoms with Crippen molar-refractivity contribution in [2.45, 2.75) is 38.9 Å². The maximum absolute atomic E-state index is 14.7. The standard InChI is InChI=1S/C26H24F3N3O3/c1-15(2)25-24(26(33)30-13-17-8-9-19(27)20(28)10-17)18-11-21(29)23(32(34)35)12-22(18)31(25)14-16-6-4-3-5-7-16/h3-12,15,24-25H,13-14H2,1-2H3,(H,30,33). The van der Waals surface area contributed by atoms with Crippen molar-refractivity contribution >= 4 is 17.3 Å². The van der Waals surface area contributed by atoms with E-state index in [4.69, 9.17) is 0 Å². The Morgan fingerprint density at radius 1 is 1.00 bits per heavy atom. The SMILES string of the molecule is CC(C)C1C(C(=O)NCc2ccc(F)c(F)c2)c2cc(F)c([N+](=O)[O-])cc2N1Cc1ccccc1. The molecule has 1 amide bonds. The van der Waals surface area contributed by atoms with Crippen molar-refractivity contribution in [1.29, 1.82) is 0 Å². The smallest absolute Gasteiger partial charge is 0.306 e. The summed E-state index contributed by atoms with van der Waals surface area (Å²) in [4.78, 5) is 26.0. The minimum Gasteiger partial charge on any atom is -0.362 e. The van der Waals surface area contributed by atoms with Crippen molar-refractivity contribution in [2.24, 2.45) is 5.92 Å². The third kappa shape index (κ3) is 4.84. The number of hydrogen-bond acceptors (Lipinski definition) is 4. The molecule has 2 unspecified atom stereocenters. The van der Waals surface area contributed by atoms with E-state index < -0.39 is 45.9 Å². The van der Waals surface area contributed by atoms with Gasteiger partial charge in [0, 0.05) is 30.9 Å². The second-order valence-electron chi connectivity index (χ2n) is 8.91. The zero-order valence-corrected chi connectivity index (χ0v) is 19.2. The van der Waals surface area contributed by atoms with Crippen LogP contribution in [0.3, 0.4) is 0 Å². The minimum absolute atomic E-state index is 0.0547. The number of hydrogen-bond donors (Lipinski definition) is 1. The number of carbonyl (C=O) groups excluding carboxylic acids is 1. The van der Waals surface area contributed by atoms with Crippen LogP contribution in [-0.4, -0.2) is 16.9 Å². The Bertz CT molecular complexity index is 1270. The third-order valence-corrected chi connectivity index (χ3v) is 6.25. The summed E-state index contributed by atoms with van der Waals surface area (Å²) in [6.45, 7) is 4.16. The second-order valence-corrected chi connectivity index (χ2v) is 8.91. The number of nitro groups is 1. The molecule has 0 fully saturated rings. The van der Waals surface area contributed by atoms with Crippen LogP contribution >= 0.6 is 0 Å². The Labute approximate surface area is 200 Å². The lowest BCUT2D eigenvalue weighted by molar-refractivity contribution is -0.387. The van der Waals surface area contributed by atoms with E-state index in [0.717, 1.165) is 23.8 Å². The monoisotopic (exact) mass is 483 g/mol. The number of fused-ring (bicyclic) bond motifs is 1. The molecule has 0 saturated heterocycles. The number of nitro benzene ring substituents is 1. The summed E-state index contributed by atoms with van der Waals surface area (Å²) >= 11 is 0. The third-order valence-electron chi connectivity index (χ3n) is 6.25. The lowest BCUT2D eigenvalue weighted by atomic mass is 9.87. The quantitative estimate of drug-likeness (QED) is 0.358. The fourth-order valence-electron chi connectivity index (χ4n) is 4.69. The van der Waals surface area contributed by atoms with Crippen LogP contribution in [0.15, 0.2) is 60.7 Å². The lowest BCUT2D eigenvalue weighted by Gasteiger charge is -2.33. The van der Waals surface area contributed by atoms with Crippen LogP contribution in [0.5, 0.6) is 0 Å². The predicted octanol–water partition coefficient (Wildman–Crippen LogP) is 5.46. The molecule has 1 aliphatic heterocycles. The van der Waals surface area contributed by atoms with Crippen LogP contribution in [0.2, 0.25) is 0 Å². The largest absolute Gasteiger partial charge is 0.362 e. The van der Waals surface area contributed by atoms with Crippen molar-refractivity contribution in [3.8, 4) is 0 Å². The number of anilines is 1. The molecule has 6 nitrogen and oxygen atoms in total. The van der Waals surface area contributed by atoms with Gasteiger partial charge in [-0.2, -0.15) is 4.39 Å². The van der Waals surface area contributed by atoms with Gasteiger partial charge in [0.25, 0.3) is 0 Å². The van der Waals surface area contributed by atoms with E-state index in [1.165, 1.54) is 12.1 Å². The first-order valence-corrected chi connectivity index (χ1v) is 11.2. The molecule has 3 aromatic rings. The van der Waals surface area contributed by atoms with Gasteiger partial charge >= 0.3 is 5.69 Å². The minimum atomic E-state index is -1.02. The fourth-order valence-corrected chi connectivity index (χ4v) is 4.69. The van der Waals surface area contributed by atoms with Gasteiger partial charge in [0.1, 0.15) is 0 Å². The molecule has 0 spiro atoms. The zero-order valence-electron chi connectivity index (χ0n) is 19.2. The maximum atomic E-state index is 14.7. The van der Waals surface area contributed by atoms with Gasteiger partial charge in [-0.25, -0.2) is 8.78 Å². The number of halogens is 3.